The maximum Gasteiger partial charge on any atom is 0.249 e. The number of carbonyl (C=O) groups is 3. The van der Waals surface area contributed by atoms with Gasteiger partial charge in [0.15, 0.2) is 0 Å². The summed E-state index contributed by atoms with van der Waals surface area (Å²) in [7, 11) is -2.42. The predicted octanol–water partition coefficient (Wildman–Crippen LogP) is 14.6. The van der Waals surface area contributed by atoms with Crippen molar-refractivity contribution in [1.29, 1.82) is 0 Å². The minimum absolute atomic E-state index is 0.0207. The summed E-state index contributed by atoms with van der Waals surface area (Å²) in [6.07, 6.45) is 0.269. The van der Waals surface area contributed by atoms with Crippen molar-refractivity contribution in [3.8, 4) is 23.0 Å². The molecule has 0 unspecified atom stereocenters. The van der Waals surface area contributed by atoms with Crippen LogP contribution in [0.15, 0.2) is 143 Å². The SMILES string of the molecule is CC(=O)Nc1cc(N=Nc2nc(C)ns2)ccc1O.CC(=O)Nc1cc(N=Nc2nc3cc(S(N)(=O)=O)ccc3s2)ccc1O.CCC(=O)Nc1cc(N=Nc2nc(C)ns2)c2c(NSOOC)cccc2c1O.Cc1nsc(N=Nc2ccc(O)c(Cl)c2)n1. The third-order valence-corrected chi connectivity index (χ3v) is 15.4. The van der Waals surface area contributed by atoms with Gasteiger partial charge in [-0.25, -0.2) is 38.4 Å². The van der Waals surface area contributed by atoms with E-state index in [0.717, 1.165) is 40.0 Å². The number of phenolic OH excluding ortho intramolecular Hbond substituents is 4. The van der Waals surface area contributed by atoms with Crippen molar-refractivity contribution >= 4 is 185 Å². The van der Waals surface area contributed by atoms with E-state index >= 15 is 0 Å². The molecule has 0 aliphatic carbocycles. The maximum absolute atomic E-state index is 11.9. The number of fused-ring (bicyclic) bond motifs is 2. The summed E-state index contributed by atoms with van der Waals surface area (Å²) >= 11 is 11.2. The molecule has 0 spiro atoms. The predicted molar refractivity (Wildman–Crippen MR) is 343 cm³/mol. The van der Waals surface area contributed by atoms with Gasteiger partial charge >= 0.3 is 0 Å². The van der Waals surface area contributed by atoms with E-state index in [1.54, 1.807) is 70.2 Å². The molecule has 0 saturated heterocycles. The van der Waals surface area contributed by atoms with Crippen molar-refractivity contribution < 1.29 is 52.4 Å². The van der Waals surface area contributed by atoms with E-state index in [-0.39, 0.29) is 74.1 Å². The molecule has 38 heteroatoms. The summed E-state index contributed by atoms with van der Waals surface area (Å²) < 4.78 is 43.3. The Morgan fingerprint density at radius 3 is 1.60 bits per heavy atom. The highest BCUT2D eigenvalue weighted by atomic mass is 35.5. The Morgan fingerprint density at radius 1 is 0.611 bits per heavy atom. The topological polar surface area (TPSA) is 448 Å². The lowest BCUT2D eigenvalue weighted by Crippen LogP contribution is -2.11. The highest BCUT2D eigenvalue weighted by Crippen LogP contribution is 2.44. The number of phenols is 4. The number of benzene rings is 6. The standard InChI is InChI=1S/C17H18N6O4S2.C15H13N5O4S2.C11H11N5O2S.C9H7ClN4OS/c1-4-14(24)19-13-8-12(20-21-17-18-9(2)22-28-17)15-10(16(13)25)6-5-7-11(15)23-29-27-26-3;1-8(21)17-11-6-9(2-4-13(11)22)19-20-15-18-12-7-10(26(16,23)24)3-5-14(12)25-15;1-6-12-11(19-16-6)15-14-8-3-4-10(18)9(5-8)13-7(2)17;1-5-11-9(16-14-5)13-12-6-2-3-8(15)7(10)4-6/h5-8,23,25H,4H2,1-3H3,(H,19,24);2-7,22H,1H3,(H,17,21)(H2,16,23,24);3-5,18H,1-2H3,(H,13,17);2-4,15H,1H3. The lowest BCUT2D eigenvalue weighted by atomic mass is 10.0. The molecule has 0 aliphatic rings. The highest BCUT2D eigenvalue weighted by Gasteiger charge is 2.18. The number of azo groups is 4. The van der Waals surface area contributed by atoms with Crippen molar-refractivity contribution in [2.24, 2.45) is 46.1 Å². The van der Waals surface area contributed by atoms with Crippen LogP contribution in [0.5, 0.6) is 23.0 Å². The molecule has 90 heavy (non-hydrogen) atoms. The molecule has 0 atom stereocenters. The normalized spacial score (nSPS) is 11.3. The van der Waals surface area contributed by atoms with Gasteiger partial charge in [0.2, 0.25) is 48.3 Å². The van der Waals surface area contributed by atoms with Crippen LogP contribution in [0.25, 0.3) is 21.0 Å². The second kappa shape index (κ2) is 32.1. The van der Waals surface area contributed by atoms with Crippen LogP contribution in [0.2, 0.25) is 5.02 Å². The van der Waals surface area contributed by atoms with Crippen molar-refractivity contribution in [3.05, 3.63) is 120 Å². The first kappa shape index (κ1) is 67.9. The van der Waals surface area contributed by atoms with Crippen molar-refractivity contribution in [3.63, 3.8) is 0 Å². The van der Waals surface area contributed by atoms with Gasteiger partial charge < -0.3 is 41.1 Å². The van der Waals surface area contributed by atoms with Crippen LogP contribution in [-0.2, 0) is 33.6 Å². The number of thiazole rings is 1. The Hall–Kier alpha value is -9.57. The van der Waals surface area contributed by atoms with Gasteiger partial charge in [-0.05, 0) is 106 Å². The highest BCUT2D eigenvalue weighted by molar-refractivity contribution is 7.95. The molecule has 0 saturated carbocycles. The number of hydrogen-bond acceptors (Lipinski definition) is 32. The van der Waals surface area contributed by atoms with E-state index < -0.39 is 10.0 Å². The molecule has 4 heterocycles. The lowest BCUT2D eigenvalue weighted by molar-refractivity contribution is -0.159. The summed E-state index contributed by atoms with van der Waals surface area (Å²) in [5, 5.41) is 87.1. The Bertz CT molecular complexity index is 4470. The van der Waals surface area contributed by atoms with Gasteiger partial charge in [0, 0.05) is 65.6 Å². The molecule has 10 N–H and O–H groups in total. The molecular weight excluding hydrogens is 1310 g/mol. The molecule has 3 amide bonds. The van der Waals surface area contributed by atoms with E-state index in [0.29, 0.717) is 82.7 Å². The maximum atomic E-state index is 11.9. The van der Waals surface area contributed by atoms with E-state index in [9.17, 15) is 43.2 Å². The molecule has 0 fully saturated rings. The Balaban J connectivity index is 0.000000175. The first-order chi connectivity index (χ1) is 42.9. The summed E-state index contributed by atoms with van der Waals surface area (Å²) in [6, 6.07) is 24.7. The number of nitrogens with one attached hydrogen (secondary N) is 4. The van der Waals surface area contributed by atoms with E-state index in [4.69, 9.17) is 21.1 Å². The quantitative estimate of drug-likeness (QED) is 0.00777. The zero-order valence-corrected chi connectivity index (χ0v) is 53.4. The number of sulfonamides is 1. The van der Waals surface area contributed by atoms with Crippen molar-refractivity contribution in [2.45, 2.75) is 52.9 Å². The number of primary sulfonamides is 1. The third-order valence-electron chi connectivity index (χ3n) is 10.7. The smallest absolute Gasteiger partial charge is 0.249 e. The Morgan fingerprint density at radius 2 is 1.12 bits per heavy atom. The molecule has 4 aromatic heterocycles. The molecule has 0 radical (unpaired) electrons. The van der Waals surface area contributed by atoms with Gasteiger partial charge in [-0.3, -0.25) is 14.4 Å². The van der Waals surface area contributed by atoms with Crippen LogP contribution in [0, 0.1) is 20.8 Å². The van der Waals surface area contributed by atoms with Crippen LogP contribution in [0.4, 0.5) is 66.0 Å². The number of halogens is 1. The second-order valence-corrected chi connectivity index (χ2v) is 23.3. The fourth-order valence-corrected chi connectivity index (χ4v) is 10.2. The number of hydrogen-bond donors (Lipinski definition) is 9. The summed E-state index contributed by atoms with van der Waals surface area (Å²) in [5.41, 5.74) is 3.66. The monoisotopic (exact) mass is 1360 g/mol. The molecular formula is C52H49ClN20O11S6. The number of carbonyl (C=O) groups excluding carboxylic acids is 3. The van der Waals surface area contributed by atoms with Crippen LogP contribution in [0.1, 0.15) is 44.7 Å². The average Bonchev–Trinajstić information content (AvgIpc) is 0.923. The molecule has 10 rings (SSSR count). The molecule has 0 bridgehead atoms. The number of rotatable bonds is 17. The number of nitrogens with zero attached hydrogens (tertiary/aromatic N) is 15. The van der Waals surface area contributed by atoms with E-state index in [1.807, 2.05) is 0 Å². The number of nitrogens with two attached hydrogens (primary N) is 1. The van der Waals surface area contributed by atoms with Crippen LogP contribution >= 0.6 is 69.8 Å². The number of aromatic nitrogens is 7. The van der Waals surface area contributed by atoms with Crippen molar-refractivity contribution in [2.75, 3.05) is 27.8 Å². The molecule has 10 aromatic rings. The zero-order chi connectivity index (χ0) is 65.1. The van der Waals surface area contributed by atoms with E-state index in [1.165, 1.54) is 98.4 Å². The van der Waals surface area contributed by atoms with Crippen LogP contribution < -0.4 is 25.8 Å². The first-order valence-corrected chi connectivity index (χ1v) is 31.2. The largest absolute Gasteiger partial charge is 0.506 e. The number of aromatic hydroxyl groups is 4. The molecule has 6 aromatic carbocycles. The van der Waals surface area contributed by atoms with Gasteiger partial charge in [0.25, 0.3) is 0 Å². The Labute approximate surface area is 535 Å². The first-order valence-electron chi connectivity index (χ1n) is 25.4. The number of aryl methyl sites for hydroxylation is 3. The van der Waals surface area contributed by atoms with Crippen LogP contribution in [0.3, 0.4) is 0 Å². The minimum atomic E-state index is -3.81. The fraction of sp³-hybridized carbons (Fsp3) is 0.154. The Kier molecular flexibility index (Phi) is 24.2. The van der Waals surface area contributed by atoms with Crippen LogP contribution in [-0.4, -0.2) is 86.7 Å². The van der Waals surface area contributed by atoms with Gasteiger partial charge in [-0.2, -0.15) is 13.1 Å². The average molecular weight is 1360 g/mol. The fourth-order valence-electron chi connectivity index (χ4n) is 6.84. The van der Waals surface area contributed by atoms with Gasteiger partial charge in [-0.1, -0.05) is 42.0 Å². The number of amides is 3. The molecule has 0 aliphatic heterocycles. The second-order valence-electron chi connectivity index (χ2n) is 17.6. The molecule has 466 valence electrons. The third kappa shape index (κ3) is 20.2. The van der Waals surface area contributed by atoms with Gasteiger partial charge in [-0.15, -0.1) is 45.2 Å². The van der Waals surface area contributed by atoms with Gasteiger partial charge in [0.1, 0.15) is 52.7 Å². The summed E-state index contributed by atoms with van der Waals surface area (Å²) in [4.78, 5) is 54.9. The van der Waals surface area contributed by atoms with E-state index in [2.05, 4.69) is 99.5 Å². The summed E-state index contributed by atoms with van der Waals surface area (Å²) in [6.45, 7) is 9.72. The number of anilines is 4. The van der Waals surface area contributed by atoms with Crippen molar-refractivity contribution in [1.82, 2.24) is 33.1 Å². The van der Waals surface area contributed by atoms with Gasteiger partial charge in [0.05, 0.1) is 72.7 Å². The zero-order valence-electron chi connectivity index (χ0n) is 47.7. The summed E-state index contributed by atoms with van der Waals surface area (Å²) in [5.74, 6) is 0.907. The molecule has 31 nitrogen and oxygen atoms in total. The minimum Gasteiger partial charge on any atom is -0.506 e. The lowest BCUT2D eigenvalue weighted by Gasteiger charge is -2.14.